The molecule has 1 aromatic rings. The average Bonchev–Trinajstić information content (AvgIpc) is 2.49. The fraction of sp³-hybridized carbons (Fsp3) is 0.133. The summed E-state index contributed by atoms with van der Waals surface area (Å²) in [7, 11) is 0. The Morgan fingerprint density at radius 3 is 2.70 bits per heavy atom. The molecule has 0 fully saturated rings. The Morgan fingerprint density at radius 2 is 2.00 bits per heavy atom. The monoisotopic (exact) mass is 336 g/mol. The van der Waals surface area contributed by atoms with Gasteiger partial charge in [-0.15, -0.1) is 0 Å². The van der Waals surface area contributed by atoms with Crippen molar-refractivity contribution in [3.63, 3.8) is 0 Å². The number of benzene rings is 1. The normalized spacial score (nSPS) is 22.1. The topological polar surface area (TPSA) is 66.8 Å². The fourth-order valence-electron chi connectivity index (χ4n) is 2.05. The average molecular weight is 337 g/mol. The maximum atomic E-state index is 11.1. The van der Waals surface area contributed by atoms with Crippen molar-refractivity contribution in [3.8, 4) is 5.75 Å². The molecular formula is C15H13BrO4. The number of allylic oxidation sites excluding steroid dienone is 3. The highest BCUT2D eigenvalue weighted by molar-refractivity contribution is 9.08. The van der Waals surface area contributed by atoms with Gasteiger partial charge in [-0.25, -0.2) is 4.79 Å². The van der Waals surface area contributed by atoms with Crippen LogP contribution in [0.4, 0.5) is 0 Å². The molecule has 3 rings (SSSR count). The number of carbonyl (C=O) groups is 1. The lowest BCUT2D eigenvalue weighted by Gasteiger charge is -2.26. The van der Waals surface area contributed by atoms with E-state index in [-0.39, 0.29) is 0 Å². The van der Waals surface area contributed by atoms with E-state index in [1.165, 1.54) is 12.2 Å². The third-order valence-corrected chi connectivity index (χ3v) is 3.03. The lowest BCUT2D eigenvalue weighted by Crippen LogP contribution is -2.35. The van der Waals surface area contributed by atoms with Crippen LogP contribution < -0.4 is 4.74 Å². The van der Waals surface area contributed by atoms with Gasteiger partial charge in [0.05, 0.1) is 6.26 Å². The second-order valence-electron chi connectivity index (χ2n) is 4.21. The smallest absolute Gasteiger partial charge is 0.343 e. The van der Waals surface area contributed by atoms with Gasteiger partial charge < -0.3 is 14.9 Å². The van der Waals surface area contributed by atoms with Crippen LogP contribution in [0.1, 0.15) is 5.56 Å². The zero-order valence-corrected chi connectivity index (χ0v) is 12.3. The highest BCUT2D eigenvalue weighted by atomic mass is 79.9. The lowest BCUT2D eigenvalue weighted by atomic mass is 9.85. The first kappa shape index (κ1) is 14.6. The quantitative estimate of drug-likeness (QED) is 0.774. The molecule has 0 bridgehead atoms. The molecule has 104 valence electrons. The van der Waals surface area contributed by atoms with Crippen molar-refractivity contribution >= 4 is 27.5 Å². The number of fused-ring (bicyclic) bond motifs is 3. The first-order valence-electron chi connectivity index (χ1n) is 5.82. The summed E-state index contributed by atoms with van der Waals surface area (Å²) in [6.45, 7) is 0. The van der Waals surface area contributed by atoms with Crippen LogP contribution in [0.15, 0.2) is 54.3 Å². The molecule has 5 heteroatoms. The predicted molar refractivity (Wildman–Crippen MR) is 79.7 cm³/mol. The summed E-state index contributed by atoms with van der Waals surface area (Å²) in [4.78, 5) is 11.1. The van der Waals surface area contributed by atoms with Crippen LogP contribution in [0, 0.1) is 0 Å². The summed E-state index contributed by atoms with van der Waals surface area (Å²) < 4.78 is 5.44. The van der Waals surface area contributed by atoms with Crippen molar-refractivity contribution in [1.29, 1.82) is 0 Å². The number of alkyl halides is 1. The molecule has 1 unspecified atom stereocenters. The van der Waals surface area contributed by atoms with E-state index in [1.807, 2.05) is 24.0 Å². The molecule has 1 heterocycles. The van der Waals surface area contributed by atoms with Crippen molar-refractivity contribution in [3.05, 3.63) is 59.9 Å². The highest BCUT2D eigenvalue weighted by Crippen LogP contribution is 2.39. The Morgan fingerprint density at radius 1 is 1.30 bits per heavy atom. The number of para-hydroxylation sites is 1. The van der Waals surface area contributed by atoms with E-state index in [9.17, 15) is 9.90 Å². The number of halogens is 1. The van der Waals surface area contributed by atoms with Gasteiger partial charge >= 0.3 is 5.97 Å². The summed E-state index contributed by atoms with van der Waals surface area (Å²) in [5, 5.41) is 19.0. The molecule has 0 spiro atoms. The van der Waals surface area contributed by atoms with Gasteiger partial charge in [0.1, 0.15) is 5.75 Å². The van der Waals surface area contributed by atoms with Crippen molar-refractivity contribution in [2.45, 2.75) is 5.60 Å². The molecule has 0 saturated carbocycles. The molecule has 0 amide bonds. The minimum Gasteiger partial charge on any atom is -0.479 e. The maximum absolute atomic E-state index is 11.1. The Kier molecular flexibility index (Phi) is 4.11. The van der Waals surface area contributed by atoms with Crippen LogP contribution in [0.5, 0.6) is 5.75 Å². The van der Waals surface area contributed by atoms with E-state index in [0.717, 1.165) is 11.1 Å². The number of rotatable bonds is 1. The summed E-state index contributed by atoms with van der Waals surface area (Å²) in [6.07, 6.45) is 5.68. The molecule has 1 aliphatic carbocycles. The van der Waals surface area contributed by atoms with Gasteiger partial charge in [-0.2, -0.15) is 0 Å². The van der Waals surface area contributed by atoms with Gasteiger partial charge in [0.2, 0.25) is 0 Å². The first-order chi connectivity index (χ1) is 9.60. The molecule has 1 aromatic carbocycles. The zero-order valence-electron chi connectivity index (χ0n) is 10.7. The predicted octanol–water partition coefficient (Wildman–Crippen LogP) is 2.74. The lowest BCUT2D eigenvalue weighted by molar-refractivity contribution is -0.149. The third kappa shape index (κ3) is 2.42. The standard InChI is InChI=1S/C14H10O4.CH3Br/c15-13(16)14(17)6-5-9-8-18-12-4-2-1-3-10(12)11(9)7-14;1-2/h1-8,17H,(H,15,16);1H3. The maximum Gasteiger partial charge on any atom is 0.343 e. The van der Waals surface area contributed by atoms with E-state index >= 15 is 0 Å². The molecule has 20 heavy (non-hydrogen) atoms. The van der Waals surface area contributed by atoms with Gasteiger partial charge in [0.15, 0.2) is 5.60 Å². The molecule has 0 aromatic heterocycles. The van der Waals surface area contributed by atoms with Gasteiger partial charge in [0, 0.05) is 11.1 Å². The van der Waals surface area contributed by atoms with Crippen molar-refractivity contribution in [2.24, 2.45) is 0 Å². The molecule has 0 saturated heterocycles. The number of aliphatic carboxylic acids is 1. The van der Waals surface area contributed by atoms with Gasteiger partial charge in [-0.3, -0.25) is 0 Å². The summed E-state index contributed by atoms with van der Waals surface area (Å²) in [5.41, 5.74) is 0.236. The van der Waals surface area contributed by atoms with Gasteiger partial charge in [-0.05, 0) is 29.6 Å². The van der Waals surface area contributed by atoms with E-state index in [2.05, 4.69) is 15.9 Å². The minimum absolute atomic E-state index is 0.649. The van der Waals surface area contributed by atoms with E-state index in [0.29, 0.717) is 11.3 Å². The molecule has 4 nitrogen and oxygen atoms in total. The minimum atomic E-state index is -1.96. The molecule has 2 aliphatic rings. The molecule has 0 radical (unpaired) electrons. The molecule has 2 N–H and O–H groups in total. The number of carboxylic acid groups (broad SMARTS) is 1. The number of hydrogen-bond donors (Lipinski definition) is 2. The van der Waals surface area contributed by atoms with Crippen LogP contribution >= 0.6 is 15.9 Å². The number of carboxylic acids is 1. The second kappa shape index (κ2) is 5.64. The van der Waals surface area contributed by atoms with Gasteiger partial charge in [0.25, 0.3) is 0 Å². The Labute approximate surface area is 124 Å². The van der Waals surface area contributed by atoms with Crippen LogP contribution in [-0.2, 0) is 4.79 Å². The SMILES string of the molecule is CBr.O=C(O)C1(O)C=CC2=COc3ccccc3C2=C1. The van der Waals surface area contributed by atoms with Crippen LogP contribution in [0.3, 0.4) is 0 Å². The van der Waals surface area contributed by atoms with Crippen molar-refractivity contribution in [1.82, 2.24) is 0 Å². The van der Waals surface area contributed by atoms with E-state index < -0.39 is 11.6 Å². The largest absolute Gasteiger partial charge is 0.479 e. The Bertz CT molecular complexity index is 631. The number of aliphatic hydroxyl groups is 1. The summed E-state index contributed by atoms with van der Waals surface area (Å²) in [6, 6.07) is 7.29. The van der Waals surface area contributed by atoms with Crippen molar-refractivity contribution < 1.29 is 19.7 Å². The Hall–Kier alpha value is -1.85. The summed E-state index contributed by atoms with van der Waals surface area (Å²) in [5.74, 6) is 1.16. The van der Waals surface area contributed by atoms with Crippen LogP contribution in [-0.4, -0.2) is 27.6 Å². The van der Waals surface area contributed by atoms with Crippen molar-refractivity contribution in [2.75, 3.05) is 5.83 Å². The molecule has 1 atom stereocenters. The van der Waals surface area contributed by atoms with Crippen LogP contribution in [0.2, 0.25) is 0 Å². The summed E-state index contributed by atoms with van der Waals surface area (Å²) >= 11 is 2.94. The number of hydrogen-bond acceptors (Lipinski definition) is 3. The highest BCUT2D eigenvalue weighted by Gasteiger charge is 2.35. The third-order valence-electron chi connectivity index (χ3n) is 3.03. The van der Waals surface area contributed by atoms with Gasteiger partial charge in [-0.1, -0.05) is 40.2 Å². The molecule has 1 aliphatic heterocycles. The van der Waals surface area contributed by atoms with Crippen LogP contribution in [0.25, 0.3) is 5.57 Å². The zero-order chi connectivity index (χ0) is 14.8. The second-order valence-corrected chi connectivity index (χ2v) is 4.21. The van der Waals surface area contributed by atoms with E-state index in [1.54, 1.807) is 18.4 Å². The van der Waals surface area contributed by atoms with E-state index in [4.69, 9.17) is 9.84 Å². The first-order valence-corrected chi connectivity index (χ1v) is 7.41. The Balaban J connectivity index is 0.000000704. The fourth-order valence-corrected chi connectivity index (χ4v) is 2.05. The molecular weight excluding hydrogens is 324 g/mol. The number of ether oxygens (including phenoxy) is 1.